The number of hydrogen-bond acceptors (Lipinski definition) is 7. The number of nitrogens with zero attached hydrogens (tertiary/aromatic N) is 2. The number of aromatic nitrogens is 2. The van der Waals surface area contributed by atoms with Crippen molar-refractivity contribution in [2.45, 2.75) is 18.4 Å². The Bertz CT molecular complexity index is 711. The molecule has 2 aromatic rings. The summed E-state index contributed by atoms with van der Waals surface area (Å²) in [7, 11) is -2.17. The summed E-state index contributed by atoms with van der Waals surface area (Å²) >= 11 is 0. The van der Waals surface area contributed by atoms with Crippen LogP contribution in [0.5, 0.6) is 0 Å². The standard InChI is InChI=1S/C11H15N5O3S/c1-7-15-11(19-16-7)6-14-10-5-8(3-4-9(10)12)20(17,18)13-2/h3-5,13-14H,6,12H2,1-2H3. The second kappa shape index (κ2) is 5.47. The largest absolute Gasteiger partial charge is 0.397 e. The number of anilines is 2. The minimum absolute atomic E-state index is 0.124. The number of nitrogens with one attached hydrogen (secondary N) is 2. The lowest BCUT2D eigenvalue weighted by Gasteiger charge is -2.10. The van der Waals surface area contributed by atoms with Crippen LogP contribution in [0, 0.1) is 6.92 Å². The van der Waals surface area contributed by atoms with Gasteiger partial charge in [-0.2, -0.15) is 4.98 Å². The lowest BCUT2D eigenvalue weighted by Crippen LogP contribution is -2.18. The number of rotatable bonds is 5. The second-order valence-corrected chi connectivity index (χ2v) is 5.93. The highest BCUT2D eigenvalue weighted by molar-refractivity contribution is 7.89. The van der Waals surface area contributed by atoms with Gasteiger partial charge in [0.25, 0.3) is 0 Å². The van der Waals surface area contributed by atoms with Crippen molar-refractivity contribution in [2.24, 2.45) is 0 Å². The van der Waals surface area contributed by atoms with Gasteiger partial charge in [0.05, 0.1) is 22.8 Å². The molecule has 0 saturated carbocycles. The van der Waals surface area contributed by atoms with E-state index in [4.69, 9.17) is 10.3 Å². The fourth-order valence-electron chi connectivity index (χ4n) is 1.56. The molecule has 0 fully saturated rings. The molecule has 1 heterocycles. The summed E-state index contributed by atoms with van der Waals surface area (Å²) in [5.74, 6) is 0.921. The van der Waals surface area contributed by atoms with Crippen LogP contribution in [0.4, 0.5) is 11.4 Å². The number of nitrogen functional groups attached to an aromatic ring is 1. The maximum Gasteiger partial charge on any atom is 0.245 e. The minimum atomic E-state index is -3.51. The summed E-state index contributed by atoms with van der Waals surface area (Å²) in [6.07, 6.45) is 0. The van der Waals surface area contributed by atoms with E-state index in [2.05, 4.69) is 20.2 Å². The first-order chi connectivity index (χ1) is 9.42. The first kappa shape index (κ1) is 14.3. The van der Waals surface area contributed by atoms with Crippen LogP contribution < -0.4 is 15.8 Å². The van der Waals surface area contributed by atoms with Gasteiger partial charge in [-0.25, -0.2) is 13.1 Å². The topological polar surface area (TPSA) is 123 Å². The van der Waals surface area contributed by atoms with E-state index in [0.717, 1.165) is 0 Å². The Morgan fingerprint density at radius 3 is 2.75 bits per heavy atom. The lowest BCUT2D eigenvalue weighted by molar-refractivity contribution is 0.379. The van der Waals surface area contributed by atoms with E-state index in [0.29, 0.717) is 23.1 Å². The molecule has 0 saturated heterocycles. The van der Waals surface area contributed by atoms with Crippen LogP contribution in [0.15, 0.2) is 27.6 Å². The second-order valence-electron chi connectivity index (χ2n) is 4.05. The fraction of sp³-hybridized carbons (Fsp3) is 0.273. The monoisotopic (exact) mass is 297 g/mol. The van der Waals surface area contributed by atoms with Gasteiger partial charge in [0.2, 0.25) is 15.9 Å². The third kappa shape index (κ3) is 3.06. The van der Waals surface area contributed by atoms with Gasteiger partial charge in [-0.15, -0.1) is 0 Å². The van der Waals surface area contributed by atoms with Gasteiger partial charge < -0.3 is 15.6 Å². The molecule has 9 heteroatoms. The van der Waals surface area contributed by atoms with Gasteiger partial charge >= 0.3 is 0 Å². The van der Waals surface area contributed by atoms with Gasteiger partial charge in [-0.05, 0) is 32.2 Å². The van der Waals surface area contributed by atoms with E-state index < -0.39 is 10.0 Å². The average Bonchev–Trinajstić information content (AvgIpc) is 2.83. The predicted molar refractivity (Wildman–Crippen MR) is 73.5 cm³/mol. The first-order valence-corrected chi connectivity index (χ1v) is 7.27. The Morgan fingerprint density at radius 1 is 1.40 bits per heavy atom. The highest BCUT2D eigenvalue weighted by Crippen LogP contribution is 2.23. The van der Waals surface area contributed by atoms with E-state index >= 15 is 0 Å². The van der Waals surface area contributed by atoms with Crippen molar-refractivity contribution in [1.82, 2.24) is 14.9 Å². The molecule has 0 aliphatic carbocycles. The molecule has 20 heavy (non-hydrogen) atoms. The normalized spacial score (nSPS) is 11.5. The van der Waals surface area contributed by atoms with Crippen molar-refractivity contribution in [3.63, 3.8) is 0 Å². The molecule has 1 aromatic carbocycles. The molecule has 108 valence electrons. The Balaban J connectivity index is 2.21. The van der Waals surface area contributed by atoms with Crippen molar-refractivity contribution in [3.05, 3.63) is 29.9 Å². The molecular weight excluding hydrogens is 282 g/mol. The third-order valence-electron chi connectivity index (χ3n) is 2.60. The molecule has 0 bridgehead atoms. The molecule has 0 aliphatic rings. The van der Waals surface area contributed by atoms with Crippen molar-refractivity contribution in [2.75, 3.05) is 18.1 Å². The first-order valence-electron chi connectivity index (χ1n) is 5.78. The summed E-state index contributed by atoms with van der Waals surface area (Å²) in [5.41, 5.74) is 6.71. The van der Waals surface area contributed by atoms with Crippen LogP contribution in [0.3, 0.4) is 0 Å². The number of aryl methyl sites for hydroxylation is 1. The van der Waals surface area contributed by atoms with Crippen LogP contribution >= 0.6 is 0 Å². The molecule has 0 aliphatic heterocycles. The van der Waals surface area contributed by atoms with Gasteiger partial charge in [0, 0.05) is 0 Å². The average molecular weight is 297 g/mol. The van der Waals surface area contributed by atoms with Crippen LogP contribution in [0.25, 0.3) is 0 Å². The molecule has 0 radical (unpaired) electrons. The van der Waals surface area contributed by atoms with Gasteiger partial charge in [-0.1, -0.05) is 5.16 Å². The van der Waals surface area contributed by atoms with Crippen molar-refractivity contribution < 1.29 is 12.9 Å². The highest BCUT2D eigenvalue weighted by atomic mass is 32.2. The Kier molecular flexibility index (Phi) is 3.91. The van der Waals surface area contributed by atoms with Gasteiger partial charge in [-0.3, -0.25) is 0 Å². The number of sulfonamides is 1. The molecule has 0 unspecified atom stereocenters. The van der Waals surface area contributed by atoms with Crippen molar-refractivity contribution >= 4 is 21.4 Å². The minimum Gasteiger partial charge on any atom is -0.397 e. The predicted octanol–water partition coefficient (Wildman–Crippen LogP) is 0.480. The molecule has 0 atom stereocenters. The van der Waals surface area contributed by atoms with E-state index in [-0.39, 0.29) is 11.4 Å². The molecule has 8 nitrogen and oxygen atoms in total. The summed E-state index contributed by atoms with van der Waals surface area (Å²) < 4.78 is 30.6. The van der Waals surface area contributed by atoms with Crippen LogP contribution in [0.2, 0.25) is 0 Å². The molecule has 0 spiro atoms. The highest BCUT2D eigenvalue weighted by Gasteiger charge is 2.13. The summed E-state index contributed by atoms with van der Waals surface area (Å²) in [5, 5.41) is 6.62. The van der Waals surface area contributed by atoms with Crippen LogP contribution in [0.1, 0.15) is 11.7 Å². The van der Waals surface area contributed by atoms with Gasteiger partial charge in [0.15, 0.2) is 5.82 Å². The van der Waals surface area contributed by atoms with Crippen molar-refractivity contribution in [3.8, 4) is 0 Å². The maximum absolute atomic E-state index is 11.7. The zero-order valence-corrected chi connectivity index (χ0v) is 11.9. The van der Waals surface area contributed by atoms with E-state index in [1.54, 1.807) is 6.92 Å². The van der Waals surface area contributed by atoms with Crippen LogP contribution in [-0.2, 0) is 16.6 Å². The van der Waals surface area contributed by atoms with Crippen LogP contribution in [-0.4, -0.2) is 25.6 Å². The number of hydrogen-bond donors (Lipinski definition) is 3. The Hall–Kier alpha value is -2.13. The zero-order chi connectivity index (χ0) is 14.8. The van der Waals surface area contributed by atoms with E-state index in [1.165, 1.54) is 25.2 Å². The fourth-order valence-corrected chi connectivity index (χ4v) is 2.31. The molecule has 2 rings (SSSR count). The van der Waals surface area contributed by atoms with Crippen molar-refractivity contribution in [1.29, 1.82) is 0 Å². The maximum atomic E-state index is 11.7. The number of benzene rings is 1. The molecule has 1 aromatic heterocycles. The van der Waals surface area contributed by atoms with E-state index in [1.807, 2.05) is 0 Å². The summed E-state index contributed by atoms with van der Waals surface area (Å²) in [4.78, 5) is 4.15. The van der Waals surface area contributed by atoms with E-state index in [9.17, 15) is 8.42 Å². The molecular formula is C11H15N5O3S. The Morgan fingerprint density at radius 2 is 2.15 bits per heavy atom. The Labute approximate surface area is 116 Å². The zero-order valence-electron chi connectivity index (χ0n) is 11.0. The van der Waals surface area contributed by atoms with Gasteiger partial charge in [0.1, 0.15) is 0 Å². The quantitative estimate of drug-likeness (QED) is 0.686. The molecule has 0 amide bonds. The SMILES string of the molecule is CNS(=O)(=O)c1ccc(N)c(NCc2nc(C)no2)c1. The third-order valence-corrected chi connectivity index (χ3v) is 4.02. The summed E-state index contributed by atoms with van der Waals surface area (Å²) in [6.45, 7) is 1.97. The smallest absolute Gasteiger partial charge is 0.245 e. The molecule has 4 N–H and O–H groups in total. The lowest BCUT2D eigenvalue weighted by atomic mass is 10.2. The number of nitrogens with two attached hydrogens (primary N) is 1. The summed E-state index contributed by atoms with van der Waals surface area (Å²) in [6, 6.07) is 4.40.